The van der Waals surface area contributed by atoms with Gasteiger partial charge in [-0.15, -0.1) is 0 Å². The molecule has 2 nitrogen and oxygen atoms in total. The summed E-state index contributed by atoms with van der Waals surface area (Å²) in [4.78, 5) is 3.38. The van der Waals surface area contributed by atoms with E-state index in [-0.39, 0.29) is 11.9 Å². The van der Waals surface area contributed by atoms with Crippen LogP contribution < -0.4 is 5.32 Å². The van der Waals surface area contributed by atoms with Gasteiger partial charge >= 0.3 is 0 Å². The van der Waals surface area contributed by atoms with Crippen molar-refractivity contribution < 1.29 is 4.39 Å². The molecule has 0 fully saturated rings. The molecule has 2 N–H and O–H groups in total. The van der Waals surface area contributed by atoms with Gasteiger partial charge < -0.3 is 10.3 Å². The number of para-hydroxylation sites is 1. The van der Waals surface area contributed by atoms with Crippen LogP contribution >= 0.6 is 0 Å². The maximum absolute atomic E-state index is 13.7. The number of halogens is 1. The van der Waals surface area contributed by atoms with Crippen LogP contribution in [0.15, 0.2) is 60.8 Å². The second kappa shape index (κ2) is 4.72. The molecule has 2 aromatic carbocycles. The van der Waals surface area contributed by atoms with Gasteiger partial charge in [-0.25, -0.2) is 4.39 Å². The lowest BCUT2D eigenvalue weighted by Crippen LogP contribution is -2.29. The van der Waals surface area contributed by atoms with Crippen molar-refractivity contribution in [2.45, 2.75) is 18.4 Å². The minimum absolute atomic E-state index is 0.157. The van der Waals surface area contributed by atoms with Crippen LogP contribution in [-0.4, -0.2) is 4.98 Å². The van der Waals surface area contributed by atoms with Gasteiger partial charge in [0.25, 0.3) is 0 Å². The minimum Gasteiger partial charge on any atom is -0.378 e. The van der Waals surface area contributed by atoms with Gasteiger partial charge in [-0.2, -0.15) is 0 Å². The van der Waals surface area contributed by atoms with Crippen molar-refractivity contribution in [2.24, 2.45) is 5.92 Å². The Balaban J connectivity index is 1.66. The first kappa shape index (κ1) is 12.9. The predicted molar refractivity (Wildman–Crippen MR) is 91.1 cm³/mol. The fourth-order valence-electron chi connectivity index (χ4n) is 4.22. The molecule has 114 valence electrons. The number of allylic oxidation sites excluding steroid dienone is 2. The van der Waals surface area contributed by atoms with Crippen molar-refractivity contribution >= 4 is 16.6 Å². The second-order valence-electron chi connectivity index (χ2n) is 6.50. The first-order chi connectivity index (χ1) is 11.3. The van der Waals surface area contributed by atoms with E-state index >= 15 is 0 Å². The van der Waals surface area contributed by atoms with Gasteiger partial charge in [-0.1, -0.05) is 30.4 Å². The van der Waals surface area contributed by atoms with E-state index in [1.54, 1.807) is 6.07 Å². The third-order valence-corrected chi connectivity index (χ3v) is 5.28. The van der Waals surface area contributed by atoms with Crippen LogP contribution in [-0.2, 0) is 0 Å². The van der Waals surface area contributed by atoms with Crippen LogP contribution in [0.25, 0.3) is 10.9 Å². The lowest BCUT2D eigenvalue weighted by molar-refractivity contribution is 0.426. The molecule has 3 heteroatoms. The molecule has 0 amide bonds. The number of fused-ring (bicyclic) bond motifs is 4. The van der Waals surface area contributed by atoms with Crippen LogP contribution in [0.4, 0.5) is 10.1 Å². The topological polar surface area (TPSA) is 27.8 Å². The molecule has 0 spiro atoms. The average Bonchev–Trinajstić information content (AvgIpc) is 3.21. The second-order valence-corrected chi connectivity index (χ2v) is 6.50. The highest BCUT2D eigenvalue weighted by Crippen LogP contribution is 2.50. The van der Waals surface area contributed by atoms with Gasteiger partial charge in [0.15, 0.2) is 0 Å². The van der Waals surface area contributed by atoms with Gasteiger partial charge in [-0.05, 0) is 47.7 Å². The molecule has 1 aliphatic heterocycles. The van der Waals surface area contributed by atoms with Gasteiger partial charge in [0, 0.05) is 28.7 Å². The van der Waals surface area contributed by atoms with E-state index in [9.17, 15) is 4.39 Å². The van der Waals surface area contributed by atoms with Gasteiger partial charge in [0.2, 0.25) is 0 Å². The molecule has 5 rings (SSSR count). The number of aromatic nitrogens is 1. The van der Waals surface area contributed by atoms with Crippen LogP contribution in [0, 0.1) is 11.7 Å². The largest absolute Gasteiger partial charge is 0.378 e. The van der Waals surface area contributed by atoms with E-state index in [4.69, 9.17) is 0 Å². The third-order valence-electron chi connectivity index (χ3n) is 5.28. The normalized spacial score (nSPS) is 25.2. The summed E-state index contributed by atoms with van der Waals surface area (Å²) in [7, 11) is 0. The fourth-order valence-corrected chi connectivity index (χ4v) is 4.22. The Kier molecular flexibility index (Phi) is 2.66. The predicted octanol–water partition coefficient (Wildman–Crippen LogP) is 5.13. The Labute approximate surface area is 134 Å². The number of aromatic amines is 1. The lowest BCUT2D eigenvalue weighted by atomic mass is 9.77. The van der Waals surface area contributed by atoms with Crippen LogP contribution in [0.1, 0.15) is 29.5 Å². The lowest BCUT2D eigenvalue weighted by Gasteiger charge is -2.37. The Bertz CT molecular complexity index is 924. The van der Waals surface area contributed by atoms with Gasteiger partial charge in [-0.3, -0.25) is 0 Å². The minimum atomic E-state index is -0.157. The number of hydrogen-bond donors (Lipinski definition) is 2. The highest BCUT2D eigenvalue weighted by Gasteiger charge is 2.38. The molecular weight excluding hydrogens is 287 g/mol. The molecular formula is C20H17FN2. The number of rotatable bonds is 1. The number of benzene rings is 2. The van der Waals surface area contributed by atoms with E-state index < -0.39 is 0 Å². The van der Waals surface area contributed by atoms with Crippen molar-refractivity contribution in [3.63, 3.8) is 0 Å². The molecule has 23 heavy (non-hydrogen) atoms. The quantitative estimate of drug-likeness (QED) is 0.599. The Morgan fingerprint density at radius 1 is 1.04 bits per heavy atom. The van der Waals surface area contributed by atoms with Crippen LogP contribution in [0.2, 0.25) is 0 Å². The summed E-state index contributed by atoms with van der Waals surface area (Å²) in [5.41, 5.74) is 4.60. The highest BCUT2D eigenvalue weighted by molar-refractivity contribution is 5.84. The van der Waals surface area contributed by atoms with E-state index in [0.29, 0.717) is 11.8 Å². The zero-order valence-electron chi connectivity index (χ0n) is 12.6. The molecule has 2 heterocycles. The summed E-state index contributed by atoms with van der Waals surface area (Å²) in [6.45, 7) is 0. The summed E-state index contributed by atoms with van der Waals surface area (Å²) in [6, 6.07) is 13.7. The Morgan fingerprint density at radius 3 is 2.91 bits per heavy atom. The molecule has 3 aromatic rings. The van der Waals surface area contributed by atoms with Crippen molar-refractivity contribution in [1.82, 2.24) is 4.98 Å². The van der Waals surface area contributed by atoms with Gasteiger partial charge in [0.1, 0.15) is 5.82 Å². The summed E-state index contributed by atoms with van der Waals surface area (Å²) in [5, 5.41) is 4.93. The maximum Gasteiger partial charge on any atom is 0.123 e. The van der Waals surface area contributed by atoms with E-state index in [0.717, 1.165) is 23.2 Å². The molecule has 0 bridgehead atoms. The molecule has 3 unspecified atom stereocenters. The van der Waals surface area contributed by atoms with Crippen molar-refractivity contribution in [3.05, 3.63) is 77.8 Å². The third kappa shape index (κ3) is 1.86. The first-order valence-electron chi connectivity index (χ1n) is 8.10. The molecule has 0 radical (unpaired) electrons. The maximum atomic E-state index is 13.7. The monoisotopic (exact) mass is 304 g/mol. The number of hydrogen-bond acceptors (Lipinski definition) is 1. The smallest absolute Gasteiger partial charge is 0.123 e. The SMILES string of the molecule is Fc1ccc2c(c1)C1C=CCC1C(c1c[nH]c3ccccc13)N2. The average molecular weight is 304 g/mol. The Hall–Kier alpha value is -2.55. The van der Waals surface area contributed by atoms with Crippen molar-refractivity contribution in [3.8, 4) is 0 Å². The van der Waals surface area contributed by atoms with Crippen molar-refractivity contribution in [1.29, 1.82) is 0 Å². The molecule has 0 saturated heterocycles. The summed E-state index contributed by atoms with van der Waals surface area (Å²) in [5.74, 6) is 0.569. The van der Waals surface area contributed by atoms with E-state index in [1.807, 2.05) is 6.07 Å². The summed E-state index contributed by atoms with van der Waals surface area (Å²) < 4.78 is 13.7. The molecule has 3 atom stereocenters. The Morgan fingerprint density at radius 2 is 1.96 bits per heavy atom. The van der Waals surface area contributed by atoms with Crippen LogP contribution in [0.5, 0.6) is 0 Å². The first-order valence-corrected chi connectivity index (χ1v) is 8.10. The summed E-state index contributed by atoms with van der Waals surface area (Å²) >= 11 is 0. The zero-order chi connectivity index (χ0) is 15.4. The molecule has 2 aliphatic rings. The summed E-state index contributed by atoms with van der Waals surface area (Å²) in [6.07, 6.45) is 7.62. The number of H-pyrrole nitrogens is 1. The standard InChI is InChI=1S/C20H17FN2/c21-12-8-9-19-16(10-12)13-5-3-6-15(13)20(23-19)17-11-22-18-7-2-1-4-14(17)18/h1-5,7-11,13,15,20,22-23H,6H2. The zero-order valence-corrected chi connectivity index (χ0v) is 12.6. The van der Waals surface area contributed by atoms with E-state index in [2.05, 4.69) is 52.9 Å². The number of nitrogens with one attached hydrogen (secondary N) is 2. The molecule has 0 saturated carbocycles. The number of anilines is 1. The van der Waals surface area contributed by atoms with E-state index in [1.165, 1.54) is 17.0 Å². The fraction of sp³-hybridized carbons (Fsp3) is 0.200. The van der Waals surface area contributed by atoms with Crippen LogP contribution in [0.3, 0.4) is 0 Å². The van der Waals surface area contributed by atoms with Gasteiger partial charge in [0.05, 0.1) is 6.04 Å². The van der Waals surface area contributed by atoms with Crippen molar-refractivity contribution in [2.75, 3.05) is 5.32 Å². The molecule has 1 aliphatic carbocycles. The molecule has 1 aromatic heterocycles. The highest BCUT2D eigenvalue weighted by atomic mass is 19.1.